The Hall–Kier alpha value is -0.880. The Balaban J connectivity index is 2.30. The van der Waals surface area contributed by atoms with E-state index in [1.165, 1.54) is 12.7 Å². The Morgan fingerprint density at radius 2 is 2.38 bits per heavy atom. The predicted octanol–water partition coefficient (Wildman–Crippen LogP) is 0.156. The molecule has 13 heavy (non-hydrogen) atoms. The summed E-state index contributed by atoms with van der Waals surface area (Å²) in [7, 11) is -3.08. The Morgan fingerprint density at radius 3 is 2.92 bits per heavy atom. The van der Waals surface area contributed by atoms with Crippen LogP contribution in [0.3, 0.4) is 0 Å². The van der Waals surface area contributed by atoms with Crippen LogP contribution in [-0.2, 0) is 16.4 Å². The number of rotatable bonds is 5. The average Bonchev–Trinajstić information content (AvgIpc) is 2.57. The number of sulfonamides is 1. The van der Waals surface area contributed by atoms with Crippen molar-refractivity contribution in [2.45, 2.75) is 13.3 Å². The fraction of sp³-hybridized carbons (Fsp3) is 0.571. The van der Waals surface area contributed by atoms with Crippen LogP contribution in [-0.4, -0.2) is 25.7 Å². The van der Waals surface area contributed by atoms with Crippen molar-refractivity contribution in [3.8, 4) is 0 Å². The monoisotopic (exact) mass is 204 g/mol. The molecule has 1 rings (SSSR count). The number of hydrogen-bond acceptors (Lipinski definition) is 4. The van der Waals surface area contributed by atoms with Gasteiger partial charge in [0.25, 0.3) is 0 Å². The molecule has 0 saturated carbocycles. The summed E-state index contributed by atoms with van der Waals surface area (Å²) in [5.41, 5.74) is 0.749. The zero-order valence-electron chi connectivity index (χ0n) is 7.36. The summed E-state index contributed by atoms with van der Waals surface area (Å²) in [5.74, 6) is 0.103. The van der Waals surface area contributed by atoms with E-state index in [9.17, 15) is 8.42 Å². The summed E-state index contributed by atoms with van der Waals surface area (Å²) in [4.78, 5) is 3.86. The van der Waals surface area contributed by atoms with E-state index in [0.717, 1.165) is 5.69 Å². The zero-order chi connectivity index (χ0) is 9.73. The van der Waals surface area contributed by atoms with Crippen LogP contribution in [0.4, 0.5) is 0 Å². The van der Waals surface area contributed by atoms with E-state index in [0.29, 0.717) is 13.0 Å². The van der Waals surface area contributed by atoms with Crippen LogP contribution in [0.15, 0.2) is 17.1 Å². The molecule has 0 fully saturated rings. The molecule has 0 spiro atoms. The van der Waals surface area contributed by atoms with E-state index < -0.39 is 10.0 Å². The van der Waals surface area contributed by atoms with E-state index in [-0.39, 0.29) is 5.75 Å². The predicted molar refractivity (Wildman–Crippen MR) is 47.7 cm³/mol. The lowest BCUT2D eigenvalue weighted by atomic mass is 10.3. The minimum atomic E-state index is -3.08. The second kappa shape index (κ2) is 4.38. The number of aromatic nitrogens is 1. The van der Waals surface area contributed by atoms with Crippen molar-refractivity contribution in [2.24, 2.45) is 0 Å². The van der Waals surface area contributed by atoms with E-state index >= 15 is 0 Å². The molecule has 74 valence electrons. The van der Waals surface area contributed by atoms with Gasteiger partial charge >= 0.3 is 0 Å². The third-order valence-electron chi connectivity index (χ3n) is 1.57. The smallest absolute Gasteiger partial charge is 0.211 e. The maximum Gasteiger partial charge on any atom is 0.211 e. The number of nitrogens with zero attached hydrogens (tertiary/aromatic N) is 1. The first-order chi connectivity index (χ1) is 6.14. The standard InChI is InChI=1S/C7H12N2O3S/c1-2-13(10,11)9-4-3-7-5-12-6-8-7/h5-6,9H,2-4H2,1H3. The largest absolute Gasteiger partial charge is 0.451 e. The summed E-state index contributed by atoms with van der Waals surface area (Å²) in [6, 6.07) is 0. The Labute approximate surface area is 77.2 Å². The molecule has 0 radical (unpaired) electrons. The summed E-state index contributed by atoms with van der Waals surface area (Å²) in [5, 5.41) is 0. The van der Waals surface area contributed by atoms with Gasteiger partial charge in [-0.3, -0.25) is 0 Å². The summed E-state index contributed by atoms with van der Waals surface area (Å²) in [6.45, 7) is 1.96. The van der Waals surface area contributed by atoms with Crippen LogP contribution in [0.1, 0.15) is 12.6 Å². The number of hydrogen-bond donors (Lipinski definition) is 1. The molecule has 1 N–H and O–H groups in total. The maximum atomic E-state index is 11.0. The maximum absolute atomic E-state index is 11.0. The zero-order valence-corrected chi connectivity index (χ0v) is 8.17. The van der Waals surface area contributed by atoms with Gasteiger partial charge in [0.05, 0.1) is 11.4 Å². The van der Waals surface area contributed by atoms with Crippen molar-refractivity contribution in [2.75, 3.05) is 12.3 Å². The topological polar surface area (TPSA) is 72.2 Å². The van der Waals surface area contributed by atoms with Gasteiger partial charge in [-0.2, -0.15) is 0 Å². The molecular weight excluding hydrogens is 192 g/mol. The molecule has 0 saturated heterocycles. The third-order valence-corrected chi connectivity index (χ3v) is 2.97. The van der Waals surface area contributed by atoms with E-state index in [4.69, 9.17) is 4.42 Å². The first kappa shape index (κ1) is 10.2. The minimum Gasteiger partial charge on any atom is -0.451 e. The highest BCUT2D eigenvalue weighted by Crippen LogP contribution is 1.94. The fourth-order valence-corrected chi connectivity index (χ4v) is 1.41. The molecule has 1 aromatic rings. The van der Waals surface area contributed by atoms with Crippen molar-refractivity contribution >= 4 is 10.0 Å². The van der Waals surface area contributed by atoms with E-state index in [1.54, 1.807) is 6.92 Å². The SMILES string of the molecule is CCS(=O)(=O)NCCc1cocn1. The van der Waals surface area contributed by atoms with Crippen molar-refractivity contribution < 1.29 is 12.8 Å². The Bertz CT molecular complexity index is 331. The molecule has 1 heterocycles. The quantitative estimate of drug-likeness (QED) is 0.741. The summed E-state index contributed by atoms with van der Waals surface area (Å²) < 4.78 is 29.1. The van der Waals surface area contributed by atoms with Crippen molar-refractivity contribution in [1.82, 2.24) is 9.71 Å². The first-order valence-corrected chi connectivity index (χ1v) is 5.63. The second-order valence-corrected chi connectivity index (χ2v) is 4.62. The lowest BCUT2D eigenvalue weighted by Gasteiger charge is -2.01. The first-order valence-electron chi connectivity index (χ1n) is 3.98. The van der Waals surface area contributed by atoms with Gasteiger partial charge < -0.3 is 4.42 Å². The molecule has 0 bridgehead atoms. The summed E-state index contributed by atoms with van der Waals surface area (Å²) in [6.07, 6.45) is 3.37. The lowest BCUT2D eigenvalue weighted by molar-refractivity contribution is 0.555. The highest BCUT2D eigenvalue weighted by Gasteiger charge is 2.05. The summed E-state index contributed by atoms with van der Waals surface area (Å²) >= 11 is 0. The van der Waals surface area contributed by atoms with E-state index in [2.05, 4.69) is 9.71 Å². The van der Waals surface area contributed by atoms with Gasteiger partial charge in [0.2, 0.25) is 10.0 Å². The molecule has 1 aromatic heterocycles. The minimum absolute atomic E-state index is 0.103. The third kappa shape index (κ3) is 3.56. The molecule has 0 aliphatic heterocycles. The van der Waals surface area contributed by atoms with Crippen LogP contribution in [0, 0.1) is 0 Å². The van der Waals surface area contributed by atoms with Crippen molar-refractivity contribution in [1.29, 1.82) is 0 Å². The number of oxazole rings is 1. The Morgan fingerprint density at radius 1 is 1.62 bits per heavy atom. The molecule has 6 heteroatoms. The molecule has 0 aliphatic rings. The van der Waals surface area contributed by atoms with Crippen LogP contribution in [0.5, 0.6) is 0 Å². The van der Waals surface area contributed by atoms with Gasteiger partial charge in [-0.15, -0.1) is 0 Å². The lowest BCUT2D eigenvalue weighted by Crippen LogP contribution is -2.27. The van der Waals surface area contributed by atoms with Gasteiger partial charge in [0.1, 0.15) is 6.26 Å². The second-order valence-electron chi connectivity index (χ2n) is 2.53. The van der Waals surface area contributed by atoms with E-state index in [1.807, 2.05) is 0 Å². The van der Waals surface area contributed by atoms with Gasteiger partial charge in [0, 0.05) is 13.0 Å². The van der Waals surface area contributed by atoms with Crippen molar-refractivity contribution in [3.63, 3.8) is 0 Å². The van der Waals surface area contributed by atoms with Gasteiger partial charge in [0.15, 0.2) is 6.39 Å². The van der Waals surface area contributed by atoms with Gasteiger partial charge in [-0.1, -0.05) is 0 Å². The Kier molecular flexibility index (Phi) is 3.44. The van der Waals surface area contributed by atoms with Crippen LogP contribution in [0.2, 0.25) is 0 Å². The normalized spacial score (nSPS) is 11.8. The highest BCUT2D eigenvalue weighted by molar-refractivity contribution is 7.89. The van der Waals surface area contributed by atoms with Crippen LogP contribution >= 0.6 is 0 Å². The fourth-order valence-electron chi connectivity index (χ4n) is 0.798. The van der Waals surface area contributed by atoms with Gasteiger partial charge in [-0.05, 0) is 6.92 Å². The molecule has 0 atom stereocenters. The van der Waals surface area contributed by atoms with Gasteiger partial charge in [-0.25, -0.2) is 18.1 Å². The molecule has 0 unspecified atom stereocenters. The van der Waals surface area contributed by atoms with Crippen LogP contribution < -0.4 is 4.72 Å². The molecule has 5 nitrogen and oxygen atoms in total. The van der Waals surface area contributed by atoms with Crippen LogP contribution in [0.25, 0.3) is 0 Å². The molecule has 0 aromatic carbocycles. The highest BCUT2D eigenvalue weighted by atomic mass is 32.2. The van der Waals surface area contributed by atoms with Crippen molar-refractivity contribution in [3.05, 3.63) is 18.4 Å². The molecular formula is C7H12N2O3S. The average molecular weight is 204 g/mol. The molecule has 0 amide bonds. The number of nitrogens with one attached hydrogen (secondary N) is 1. The molecule has 0 aliphatic carbocycles.